The van der Waals surface area contributed by atoms with Crippen molar-refractivity contribution >= 4 is 5.97 Å². The average Bonchev–Trinajstić information content (AvgIpc) is 2.03. The van der Waals surface area contributed by atoms with Crippen molar-refractivity contribution in [1.29, 1.82) is 0 Å². The molecule has 3 nitrogen and oxygen atoms in total. The number of hydrogen-bond acceptors (Lipinski definition) is 2. The molecule has 0 aromatic rings. The van der Waals surface area contributed by atoms with Crippen LogP contribution in [0.5, 0.6) is 0 Å². The van der Waals surface area contributed by atoms with Crippen LogP contribution in [-0.2, 0) is 4.79 Å². The van der Waals surface area contributed by atoms with Gasteiger partial charge in [-0.05, 0) is 40.0 Å². The summed E-state index contributed by atoms with van der Waals surface area (Å²) in [7, 11) is 0. The molecule has 1 atom stereocenters. The minimum Gasteiger partial charge on any atom is -0.481 e. The Balaban J connectivity index is 2.96. The van der Waals surface area contributed by atoms with Gasteiger partial charge in [0.2, 0.25) is 0 Å². The molecule has 2 N–H and O–H groups in total. The van der Waals surface area contributed by atoms with E-state index in [1.807, 2.05) is 6.92 Å². The Morgan fingerprint density at radius 1 is 1.57 bits per heavy atom. The van der Waals surface area contributed by atoms with Gasteiger partial charge in [-0.15, -0.1) is 0 Å². The van der Waals surface area contributed by atoms with Gasteiger partial charge in [-0.25, -0.2) is 0 Å². The van der Waals surface area contributed by atoms with Gasteiger partial charge in [-0.3, -0.25) is 4.79 Å². The number of carbonyl (C=O) groups is 1. The molecule has 0 spiro atoms. The number of rotatable bonds is 2. The highest BCUT2D eigenvalue weighted by Gasteiger charge is 2.49. The van der Waals surface area contributed by atoms with Crippen LogP contribution in [0.2, 0.25) is 0 Å². The van der Waals surface area contributed by atoms with Crippen molar-refractivity contribution in [3.05, 3.63) is 11.6 Å². The monoisotopic (exact) mass is 198 g/mol. The molecule has 0 heterocycles. The molecule has 1 aliphatic carbocycles. The lowest BCUT2D eigenvalue weighted by Crippen LogP contribution is -2.50. The molecule has 0 aromatic heterocycles. The maximum absolute atomic E-state index is 11.1. The van der Waals surface area contributed by atoms with Crippen molar-refractivity contribution in [2.75, 3.05) is 0 Å². The average molecular weight is 198 g/mol. The summed E-state index contributed by atoms with van der Waals surface area (Å²) in [6.07, 6.45) is 3.82. The minimum absolute atomic E-state index is 0.465. The first-order valence-corrected chi connectivity index (χ1v) is 4.91. The molecule has 0 aliphatic heterocycles. The van der Waals surface area contributed by atoms with Gasteiger partial charge in [-0.1, -0.05) is 11.6 Å². The zero-order valence-corrected chi connectivity index (χ0v) is 9.00. The van der Waals surface area contributed by atoms with Crippen molar-refractivity contribution < 1.29 is 15.0 Å². The number of allylic oxidation sites excluding steroid dienone is 1. The van der Waals surface area contributed by atoms with Gasteiger partial charge in [0.05, 0.1) is 11.0 Å². The van der Waals surface area contributed by atoms with Crippen molar-refractivity contribution in [2.24, 2.45) is 5.41 Å². The van der Waals surface area contributed by atoms with Crippen LogP contribution >= 0.6 is 0 Å². The Hall–Kier alpha value is -0.830. The fourth-order valence-electron chi connectivity index (χ4n) is 1.91. The second-order valence-electron chi connectivity index (χ2n) is 4.73. The highest BCUT2D eigenvalue weighted by Crippen LogP contribution is 2.42. The van der Waals surface area contributed by atoms with E-state index in [9.17, 15) is 9.90 Å². The van der Waals surface area contributed by atoms with E-state index in [-0.39, 0.29) is 0 Å². The molecule has 1 rings (SSSR count). The van der Waals surface area contributed by atoms with Gasteiger partial charge in [0.15, 0.2) is 0 Å². The van der Waals surface area contributed by atoms with Crippen molar-refractivity contribution in [3.8, 4) is 0 Å². The van der Waals surface area contributed by atoms with E-state index in [4.69, 9.17) is 5.11 Å². The molecule has 0 bridgehead atoms. The molecule has 0 amide bonds. The Morgan fingerprint density at radius 2 is 2.14 bits per heavy atom. The molecule has 1 unspecified atom stereocenters. The molecule has 80 valence electrons. The van der Waals surface area contributed by atoms with Gasteiger partial charge < -0.3 is 10.2 Å². The normalized spacial score (nSPS) is 28.4. The number of aliphatic carboxylic acids is 1. The third-order valence-corrected chi connectivity index (χ3v) is 3.32. The number of carboxylic acids is 1. The lowest BCUT2D eigenvalue weighted by atomic mass is 9.67. The quantitative estimate of drug-likeness (QED) is 0.667. The molecule has 3 heteroatoms. The molecule has 14 heavy (non-hydrogen) atoms. The summed E-state index contributed by atoms with van der Waals surface area (Å²) in [5.41, 5.74) is -1.10. The molecule has 0 saturated carbocycles. The molecule has 0 radical (unpaired) electrons. The third-order valence-electron chi connectivity index (χ3n) is 3.32. The highest BCUT2D eigenvalue weighted by atomic mass is 16.4. The molecular weight excluding hydrogens is 180 g/mol. The predicted molar refractivity (Wildman–Crippen MR) is 54.0 cm³/mol. The number of carboxylic acid groups (broad SMARTS) is 1. The molecule has 0 aromatic carbocycles. The van der Waals surface area contributed by atoms with Gasteiger partial charge in [0.1, 0.15) is 0 Å². The zero-order chi connectivity index (χ0) is 11.0. The molecule has 0 saturated heterocycles. The second-order valence-corrected chi connectivity index (χ2v) is 4.73. The number of aliphatic hydroxyl groups is 1. The van der Waals surface area contributed by atoms with Crippen LogP contribution in [0.4, 0.5) is 0 Å². The number of hydrogen-bond donors (Lipinski definition) is 2. The van der Waals surface area contributed by atoms with Crippen LogP contribution in [0.1, 0.15) is 40.0 Å². The standard InChI is InChI=1S/C11H18O3/c1-8-5-4-6-11(14,7-8)10(2,3)9(12)13/h5,14H,4,6-7H2,1-3H3,(H,12,13). The smallest absolute Gasteiger partial charge is 0.312 e. The fourth-order valence-corrected chi connectivity index (χ4v) is 1.91. The van der Waals surface area contributed by atoms with Crippen LogP contribution in [0.25, 0.3) is 0 Å². The second kappa shape index (κ2) is 3.39. The summed E-state index contributed by atoms with van der Waals surface area (Å²) in [5, 5.41) is 19.4. The maximum atomic E-state index is 11.1. The van der Waals surface area contributed by atoms with Gasteiger partial charge in [0, 0.05) is 0 Å². The summed E-state index contributed by atoms with van der Waals surface area (Å²) in [4.78, 5) is 11.1. The largest absolute Gasteiger partial charge is 0.481 e. The van der Waals surface area contributed by atoms with Gasteiger partial charge >= 0.3 is 5.97 Å². The molecule has 0 fully saturated rings. The fraction of sp³-hybridized carbons (Fsp3) is 0.727. The highest BCUT2D eigenvalue weighted by molar-refractivity contribution is 5.75. The summed E-state index contributed by atoms with van der Waals surface area (Å²) >= 11 is 0. The van der Waals surface area contributed by atoms with Crippen molar-refractivity contribution in [3.63, 3.8) is 0 Å². The summed E-state index contributed by atoms with van der Waals surface area (Å²) in [5.74, 6) is -0.935. The molecular formula is C11H18O3. The van der Waals surface area contributed by atoms with E-state index in [1.165, 1.54) is 0 Å². The Kier molecular flexibility index (Phi) is 2.72. The van der Waals surface area contributed by atoms with Gasteiger partial charge in [-0.2, -0.15) is 0 Å². The first-order chi connectivity index (χ1) is 6.29. The van der Waals surface area contributed by atoms with Gasteiger partial charge in [0.25, 0.3) is 0 Å². The Labute approximate surface area is 84.4 Å². The van der Waals surface area contributed by atoms with E-state index < -0.39 is 17.0 Å². The van der Waals surface area contributed by atoms with E-state index in [0.717, 1.165) is 12.0 Å². The lowest BCUT2D eigenvalue weighted by molar-refractivity contribution is -0.166. The molecule has 1 aliphatic rings. The van der Waals surface area contributed by atoms with E-state index >= 15 is 0 Å². The summed E-state index contributed by atoms with van der Waals surface area (Å²) in [6.45, 7) is 5.12. The van der Waals surface area contributed by atoms with Crippen LogP contribution in [0.15, 0.2) is 11.6 Å². The van der Waals surface area contributed by atoms with Crippen LogP contribution < -0.4 is 0 Å². The lowest BCUT2D eigenvalue weighted by Gasteiger charge is -2.41. The van der Waals surface area contributed by atoms with E-state index in [1.54, 1.807) is 13.8 Å². The summed E-state index contributed by atoms with van der Waals surface area (Å²) in [6, 6.07) is 0. The van der Waals surface area contributed by atoms with Crippen molar-refractivity contribution in [1.82, 2.24) is 0 Å². The van der Waals surface area contributed by atoms with Crippen molar-refractivity contribution in [2.45, 2.75) is 45.6 Å². The topological polar surface area (TPSA) is 57.5 Å². The van der Waals surface area contributed by atoms with Crippen LogP contribution in [0.3, 0.4) is 0 Å². The van der Waals surface area contributed by atoms with Crippen LogP contribution in [0, 0.1) is 5.41 Å². The van der Waals surface area contributed by atoms with E-state index in [2.05, 4.69) is 6.08 Å². The third kappa shape index (κ3) is 1.69. The Morgan fingerprint density at radius 3 is 2.57 bits per heavy atom. The zero-order valence-electron chi connectivity index (χ0n) is 9.00. The Bertz CT molecular complexity index is 278. The summed E-state index contributed by atoms with van der Waals surface area (Å²) < 4.78 is 0. The minimum atomic E-state index is -1.10. The first-order valence-electron chi connectivity index (χ1n) is 4.91. The van der Waals surface area contributed by atoms with Crippen LogP contribution in [-0.4, -0.2) is 21.8 Å². The van der Waals surface area contributed by atoms with E-state index in [0.29, 0.717) is 12.8 Å². The SMILES string of the molecule is CC1=CCCC(O)(C(C)(C)C(=O)O)C1. The maximum Gasteiger partial charge on any atom is 0.312 e. The first kappa shape index (κ1) is 11.2. The predicted octanol–water partition coefficient (Wildman–Crippen LogP) is 1.96.